The van der Waals surface area contributed by atoms with Crippen LogP contribution in [-0.4, -0.2) is 39.8 Å². The number of nitrogens with zero attached hydrogens (tertiary/aromatic N) is 3. The Kier molecular flexibility index (Phi) is 3.57. The van der Waals surface area contributed by atoms with Gasteiger partial charge in [-0.05, 0) is 0 Å². The molecule has 1 aromatic rings. The van der Waals surface area contributed by atoms with Gasteiger partial charge in [0.25, 0.3) is 0 Å². The number of rotatable bonds is 5. The van der Waals surface area contributed by atoms with Crippen molar-refractivity contribution in [1.29, 1.82) is 0 Å². The van der Waals surface area contributed by atoms with Crippen LogP contribution in [0.4, 0.5) is 0 Å². The molecule has 5 nitrogen and oxygen atoms in total. The van der Waals surface area contributed by atoms with Gasteiger partial charge in [-0.2, -0.15) is 0 Å². The van der Waals surface area contributed by atoms with Crippen molar-refractivity contribution in [2.45, 2.75) is 6.54 Å². The molecule has 1 rings (SSSR count). The van der Waals surface area contributed by atoms with E-state index in [0.717, 1.165) is 13.1 Å². The molecule has 0 spiro atoms. The molecule has 0 aliphatic carbocycles. The first-order chi connectivity index (χ1) is 5.43. The minimum absolute atomic E-state index is 0.178. The fraction of sp³-hybridized carbons (Fsp3) is 0.667. The molecule has 0 saturated carbocycles. The predicted octanol–water partition coefficient (Wildman–Crippen LogP) is -1.14. The predicted molar refractivity (Wildman–Crippen MR) is 40.0 cm³/mol. The summed E-state index contributed by atoms with van der Waals surface area (Å²) < 4.78 is 1.74. The molecule has 11 heavy (non-hydrogen) atoms. The van der Waals surface area contributed by atoms with Crippen molar-refractivity contribution in [3.05, 3.63) is 12.4 Å². The Morgan fingerprint density at radius 1 is 1.45 bits per heavy atom. The first-order valence-electron chi connectivity index (χ1n) is 3.59. The summed E-state index contributed by atoms with van der Waals surface area (Å²) in [6.45, 7) is 2.41. The molecule has 0 aromatic carbocycles. The van der Waals surface area contributed by atoms with Gasteiger partial charge in [0, 0.05) is 19.3 Å². The third-order valence-corrected chi connectivity index (χ3v) is 1.28. The van der Waals surface area contributed by atoms with Gasteiger partial charge >= 0.3 is 0 Å². The molecule has 0 radical (unpaired) electrons. The van der Waals surface area contributed by atoms with Crippen molar-refractivity contribution in [2.24, 2.45) is 0 Å². The molecule has 0 fully saturated rings. The SMILES string of the molecule is OCCNCCn1ccnn1. The van der Waals surface area contributed by atoms with Crippen molar-refractivity contribution < 1.29 is 5.11 Å². The standard InChI is InChI=1S/C6H12N4O/c11-6-3-7-1-4-10-5-2-8-9-10/h2,5,7,11H,1,3-4,6H2. The first kappa shape index (κ1) is 8.16. The Labute approximate surface area is 65.0 Å². The van der Waals surface area contributed by atoms with Gasteiger partial charge in [0.15, 0.2) is 0 Å². The molecule has 0 unspecified atom stereocenters. The van der Waals surface area contributed by atoms with Crippen molar-refractivity contribution in [2.75, 3.05) is 19.7 Å². The molecule has 1 aromatic heterocycles. The molecule has 0 aliphatic rings. The third-order valence-electron chi connectivity index (χ3n) is 1.28. The third kappa shape index (κ3) is 3.10. The Morgan fingerprint density at radius 2 is 2.36 bits per heavy atom. The molecule has 1 heterocycles. The number of hydrogen-bond acceptors (Lipinski definition) is 4. The maximum Gasteiger partial charge on any atom is 0.0692 e. The lowest BCUT2D eigenvalue weighted by atomic mass is 10.6. The van der Waals surface area contributed by atoms with Crippen molar-refractivity contribution in [1.82, 2.24) is 20.3 Å². The van der Waals surface area contributed by atoms with E-state index in [1.807, 2.05) is 0 Å². The van der Waals surface area contributed by atoms with Crippen LogP contribution in [0.1, 0.15) is 0 Å². The van der Waals surface area contributed by atoms with Crippen LogP contribution in [0.3, 0.4) is 0 Å². The largest absolute Gasteiger partial charge is 0.395 e. The van der Waals surface area contributed by atoms with Crippen LogP contribution in [0.15, 0.2) is 12.4 Å². The zero-order valence-electron chi connectivity index (χ0n) is 6.27. The van der Waals surface area contributed by atoms with Crippen LogP contribution < -0.4 is 5.32 Å². The maximum absolute atomic E-state index is 8.43. The lowest BCUT2D eigenvalue weighted by Crippen LogP contribution is -2.23. The van der Waals surface area contributed by atoms with Crippen LogP contribution in [0.5, 0.6) is 0 Å². The number of aliphatic hydroxyl groups is 1. The topological polar surface area (TPSA) is 63.0 Å². The summed E-state index contributed by atoms with van der Waals surface area (Å²) in [7, 11) is 0. The minimum Gasteiger partial charge on any atom is -0.395 e. The summed E-state index contributed by atoms with van der Waals surface area (Å²) in [6, 6.07) is 0. The average molecular weight is 156 g/mol. The van der Waals surface area contributed by atoms with E-state index in [1.165, 1.54) is 0 Å². The molecule has 0 atom stereocenters. The van der Waals surface area contributed by atoms with Gasteiger partial charge < -0.3 is 10.4 Å². The smallest absolute Gasteiger partial charge is 0.0692 e. The van der Waals surface area contributed by atoms with Crippen molar-refractivity contribution >= 4 is 0 Å². The van der Waals surface area contributed by atoms with E-state index in [1.54, 1.807) is 17.1 Å². The maximum atomic E-state index is 8.43. The second-order valence-corrected chi connectivity index (χ2v) is 2.14. The van der Waals surface area contributed by atoms with Crippen LogP contribution >= 0.6 is 0 Å². The first-order valence-corrected chi connectivity index (χ1v) is 3.59. The normalized spacial score (nSPS) is 10.3. The molecule has 2 N–H and O–H groups in total. The van der Waals surface area contributed by atoms with Crippen molar-refractivity contribution in [3.63, 3.8) is 0 Å². The second kappa shape index (κ2) is 4.81. The van der Waals surface area contributed by atoms with Gasteiger partial charge in [-0.3, -0.25) is 4.68 Å². The van der Waals surface area contributed by atoms with Crippen LogP contribution in [0.2, 0.25) is 0 Å². The van der Waals surface area contributed by atoms with Crippen LogP contribution in [0.25, 0.3) is 0 Å². The summed E-state index contributed by atoms with van der Waals surface area (Å²) in [6.07, 6.45) is 3.45. The highest BCUT2D eigenvalue weighted by Crippen LogP contribution is 1.77. The summed E-state index contributed by atoms with van der Waals surface area (Å²) in [5.41, 5.74) is 0. The summed E-state index contributed by atoms with van der Waals surface area (Å²) in [5, 5.41) is 18.9. The highest BCUT2D eigenvalue weighted by molar-refractivity contribution is 4.64. The van der Waals surface area contributed by atoms with Gasteiger partial charge in [-0.15, -0.1) is 5.10 Å². The summed E-state index contributed by atoms with van der Waals surface area (Å²) in [4.78, 5) is 0. The van der Waals surface area contributed by atoms with Crippen molar-refractivity contribution in [3.8, 4) is 0 Å². The number of aromatic nitrogens is 3. The summed E-state index contributed by atoms with van der Waals surface area (Å²) in [5.74, 6) is 0. The molecule has 0 bridgehead atoms. The van der Waals surface area contributed by atoms with E-state index in [0.29, 0.717) is 6.54 Å². The van der Waals surface area contributed by atoms with Crippen LogP contribution in [-0.2, 0) is 6.54 Å². The minimum atomic E-state index is 0.178. The van der Waals surface area contributed by atoms with E-state index in [9.17, 15) is 0 Å². The Bertz CT molecular complexity index is 175. The molecular weight excluding hydrogens is 144 g/mol. The Balaban J connectivity index is 2.04. The highest BCUT2D eigenvalue weighted by Gasteiger charge is 1.89. The lowest BCUT2D eigenvalue weighted by Gasteiger charge is -2.00. The number of aliphatic hydroxyl groups excluding tert-OH is 1. The second-order valence-electron chi connectivity index (χ2n) is 2.14. The fourth-order valence-corrected chi connectivity index (χ4v) is 0.750. The van der Waals surface area contributed by atoms with E-state index >= 15 is 0 Å². The van der Waals surface area contributed by atoms with Gasteiger partial charge in [0.1, 0.15) is 0 Å². The zero-order valence-corrected chi connectivity index (χ0v) is 6.27. The van der Waals surface area contributed by atoms with E-state index in [-0.39, 0.29) is 6.61 Å². The average Bonchev–Trinajstić information content (AvgIpc) is 2.50. The van der Waals surface area contributed by atoms with Gasteiger partial charge in [-0.1, -0.05) is 5.21 Å². The zero-order chi connectivity index (χ0) is 7.94. The fourth-order valence-electron chi connectivity index (χ4n) is 0.750. The molecule has 5 heteroatoms. The number of hydrogen-bond donors (Lipinski definition) is 2. The molecule has 0 aliphatic heterocycles. The number of nitrogens with one attached hydrogen (secondary N) is 1. The van der Waals surface area contributed by atoms with E-state index < -0.39 is 0 Å². The molecule has 62 valence electrons. The monoisotopic (exact) mass is 156 g/mol. The molecule has 0 amide bonds. The summed E-state index contributed by atoms with van der Waals surface area (Å²) >= 11 is 0. The highest BCUT2D eigenvalue weighted by atomic mass is 16.3. The molecule has 0 saturated heterocycles. The lowest BCUT2D eigenvalue weighted by molar-refractivity contribution is 0.291. The van der Waals surface area contributed by atoms with Gasteiger partial charge in [-0.25, -0.2) is 0 Å². The van der Waals surface area contributed by atoms with E-state index in [4.69, 9.17) is 5.11 Å². The van der Waals surface area contributed by atoms with Crippen LogP contribution in [0, 0.1) is 0 Å². The quantitative estimate of drug-likeness (QED) is 0.529. The molecular formula is C6H12N4O. The van der Waals surface area contributed by atoms with Gasteiger partial charge in [0.05, 0.1) is 19.3 Å². The van der Waals surface area contributed by atoms with Gasteiger partial charge in [0.2, 0.25) is 0 Å². The Hall–Kier alpha value is -0.940. The Morgan fingerprint density at radius 3 is 3.00 bits per heavy atom. The van der Waals surface area contributed by atoms with E-state index in [2.05, 4.69) is 15.6 Å².